The Morgan fingerprint density at radius 1 is 1.31 bits per heavy atom. The van der Waals surface area contributed by atoms with Crippen molar-refractivity contribution in [3.63, 3.8) is 0 Å². The van der Waals surface area contributed by atoms with Crippen LogP contribution in [0.15, 0.2) is 12.1 Å². The Balaban J connectivity index is 2.38. The van der Waals surface area contributed by atoms with E-state index in [2.05, 4.69) is 24.7 Å². The zero-order chi connectivity index (χ0) is 19.7. The Kier molecular flexibility index (Phi) is 5.54. The van der Waals surface area contributed by atoms with Crippen LogP contribution in [0.25, 0.3) is 10.9 Å². The van der Waals surface area contributed by atoms with Crippen molar-refractivity contribution in [3.8, 4) is 5.75 Å². The standard InChI is InChI=1S/C16H21F3N2O4Si/c1-10-12(24-9-16(17,18)19)6-5-11-13(10)14(15(22)23)20-21(11)25-7-8-26(2,3)4/h5-6H,7-9H2,1-4H3,(H,22,23). The van der Waals surface area contributed by atoms with E-state index in [0.717, 1.165) is 10.9 Å². The number of nitrogens with zero attached hydrogens (tertiary/aromatic N) is 2. The zero-order valence-corrected chi connectivity index (χ0v) is 16.0. The summed E-state index contributed by atoms with van der Waals surface area (Å²) in [7, 11) is -1.35. The van der Waals surface area contributed by atoms with Crippen LogP contribution in [0.4, 0.5) is 13.2 Å². The summed E-state index contributed by atoms with van der Waals surface area (Å²) >= 11 is 0. The third kappa shape index (κ3) is 4.90. The molecule has 1 aromatic heterocycles. The number of hydrogen-bond acceptors (Lipinski definition) is 4. The smallest absolute Gasteiger partial charge is 0.422 e. The molecule has 0 fully saturated rings. The minimum Gasteiger partial charge on any atom is -0.484 e. The number of hydrogen-bond donors (Lipinski definition) is 1. The topological polar surface area (TPSA) is 73.6 Å². The monoisotopic (exact) mass is 390 g/mol. The Labute approximate surface area is 149 Å². The molecule has 10 heteroatoms. The lowest BCUT2D eigenvalue weighted by Crippen LogP contribution is -2.25. The van der Waals surface area contributed by atoms with Crippen LogP contribution in [0.2, 0.25) is 25.7 Å². The van der Waals surface area contributed by atoms with Crippen molar-refractivity contribution in [1.29, 1.82) is 0 Å². The Morgan fingerprint density at radius 2 is 1.96 bits per heavy atom. The summed E-state index contributed by atoms with van der Waals surface area (Å²) in [4.78, 5) is 18.2. The molecule has 0 atom stereocenters. The van der Waals surface area contributed by atoms with E-state index < -0.39 is 26.8 Å². The fourth-order valence-electron chi connectivity index (χ4n) is 2.33. The average Bonchev–Trinajstić information content (AvgIpc) is 2.84. The lowest BCUT2D eigenvalue weighted by Gasteiger charge is -2.16. The maximum atomic E-state index is 12.4. The van der Waals surface area contributed by atoms with Gasteiger partial charge in [-0.05, 0) is 25.1 Å². The van der Waals surface area contributed by atoms with Crippen molar-refractivity contribution in [3.05, 3.63) is 23.4 Å². The number of aryl methyl sites for hydroxylation is 1. The highest BCUT2D eigenvalue weighted by Crippen LogP contribution is 2.31. The molecule has 0 spiro atoms. The van der Waals surface area contributed by atoms with Gasteiger partial charge in [0.2, 0.25) is 0 Å². The molecule has 0 aliphatic rings. The van der Waals surface area contributed by atoms with E-state index in [9.17, 15) is 23.1 Å². The zero-order valence-electron chi connectivity index (χ0n) is 15.0. The van der Waals surface area contributed by atoms with Crippen LogP contribution in [0.1, 0.15) is 16.1 Å². The summed E-state index contributed by atoms with van der Waals surface area (Å²) in [6, 6.07) is 3.65. The van der Waals surface area contributed by atoms with Crippen molar-refractivity contribution in [1.82, 2.24) is 9.94 Å². The third-order valence-corrected chi connectivity index (χ3v) is 5.39. The van der Waals surface area contributed by atoms with Gasteiger partial charge >= 0.3 is 12.1 Å². The van der Waals surface area contributed by atoms with Gasteiger partial charge in [-0.15, -0.1) is 5.10 Å². The Morgan fingerprint density at radius 3 is 2.50 bits per heavy atom. The van der Waals surface area contributed by atoms with Gasteiger partial charge in [0.15, 0.2) is 12.3 Å². The maximum absolute atomic E-state index is 12.4. The lowest BCUT2D eigenvalue weighted by molar-refractivity contribution is -0.153. The summed E-state index contributed by atoms with van der Waals surface area (Å²) in [5.74, 6) is -1.34. The first kappa shape index (κ1) is 20.1. The minimum absolute atomic E-state index is 0.0426. The van der Waals surface area contributed by atoms with Crippen LogP contribution in [0.3, 0.4) is 0 Å². The molecular weight excluding hydrogens is 369 g/mol. The number of carbonyl (C=O) groups is 1. The number of alkyl halides is 3. The first-order valence-corrected chi connectivity index (χ1v) is 11.7. The quantitative estimate of drug-likeness (QED) is 0.729. The number of carboxylic acid groups (broad SMARTS) is 1. The Bertz CT molecular complexity index is 812. The average molecular weight is 390 g/mol. The molecule has 1 aromatic carbocycles. The van der Waals surface area contributed by atoms with Gasteiger partial charge in [0.05, 0.1) is 0 Å². The van der Waals surface area contributed by atoms with Crippen molar-refractivity contribution in [2.24, 2.45) is 0 Å². The molecule has 0 bridgehead atoms. The van der Waals surface area contributed by atoms with Crippen LogP contribution in [-0.4, -0.2) is 48.5 Å². The third-order valence-electron chi connectivity index (χ3n) is 3.69. The fourth-order valence-corrected chi connectivity index (χ4v) is 3.04. The van der Waals surface area contributed by atoms with E-state index in [1.54, 1.807) is 0 Å². The number of halogens is 3. The SMILES string of the molecule is Cc1c(OCC(F)(F)F)ccc2c1c(C(=O)O)nn2OCC[Si](C)(C)C. The van der Waals surface area contributed by atoms with Crippen molar-refractivity contribution in [2.45, 2.75) is 38.8 Å². The second-order valence-electron chi connectivity index (χ2n) is 7.16. The summed E-state index contributed by atoms with van der Waals surface area (Å²) in [5, 5.41) is 13.5. The molecule has 26 heavy (non-hydrogen) atoms. The van der Waals surface area contributed by atoms with E-state index in [0.29, 0.717) is 12.1 Å². The molecule has 2 rings (SSSR count). The minimum atomic E-state index is -4.48. The predicted octanol–water partition coefficient (Wildman–Crippen LogP) is 3.75. The first-order chi connectivity index (χ1) is 11.9. The molecule has 6 nitrogen and oxygen atoms in total. The van der Waals surface area contributed by atoms with Crippen LogP contribution < -0.4 is 9.57 Å². The summed E-state index contributed by atoms with van der Waals surface area (Å²) < 4.78 is 41.9. The van der Waals surface area contributed by atoms with Gasteiger partial charge in [-0.1, -0.05) is 24.5 Å². The highest BCUT2D eigenvalue weighted by Gasteiger charge is 2.29. The van der Waals surface area contributed by atoms with Crippen LogP contribution in [0.5, 0.6) is 5.75 Å². The van der Waals surface area contributed by atoms with Gasteiger partial charge in [-0.3, -0.25) is 0 Å². The first-order valence-electron chi connectivity index (χ1n) is 7.97. The Hall–Kier alpha value is -2.23. The van der Waals surface area contributed by atoms with E-state index in [1.807, 2.05) is 0 Å². The van der Waals surface area contributed by atoms with E-state index in [1.165, 1.54) is 19.1 Å². The van der Waals surface area contributed by atoms with Crippen molar-refractivity contribution < 1.29 is 32.6 Å². The summed E-state index contributed by atoms with van der Waals surface area (Å²) in [6.07, 6.45) is -4.48. The number of aromatic carboxylic acids is 1. The van der Waals surface area contributed by atoms with Crippen LogP contribution in [-0.2, 0) is 0 Å². The molecule has 1 heterocycles. The highest BCUT2D eigenvalue weighted by atomic mass is 28.3. The highest BCUT2D eigenvalue weighted by molar-refractivity contribution is 6.76. The largest absolute Gasteiger partial charge is 0.484 e. The van der Waals surface area contributed by atoms with Crippen molar-refractivity contribution in [2.75, 3.05) is 13.2 Å². The second-order valence-corrected chi connectivity index (χ2v) is 12.8. The number of rotatable bonds is 7. The molecule has 0 unspecified atom stereocenters. The van der Waals surface area contributed by atoms with Gasteiger partial charge < -0.3 is 14.7 Å². The summed E-state index contributed by atoms with van der Waals surface area (Å²) in [6.45, 7) is 6.94. The molecule has 2 aromatic rings. The second kappa shape index (κ2) is 7.18. The maximum Gasteiger partial charge on any atom is 0.422 e. The van der Waals surface area contributed by atoms with Gasteiger partial charge in [-0.25, -0.2) is 4.79 Å². The van der Waals surface area contributed by atoms with E-state index >= 15 is 0 Å². The molecule has 1 N–H and O–H groups in total. The molecular formula is C16H21F3N2O4Si. The normalized spacial score (nSPS) is 12.4. The van der Waals surface area contributed by atoms with Gasteiger partial charge in [0.25, 0.3) is 0 Å². The molecule has 0 saturated carbocycles. The van der Waals surface area contributed by atoms with E-state index in [4.69, 9.17) is 9.57 Å². The number of benzene rings is 1. The van der Waals surface area contributed by atoms with Crippen LogP contribution >= 0.6 is 0 Å². The summed E-state index contributed by atoms with van der Waals surface area (Å²) in [5.41, 5.74) is 0.349. The number of fused-ring (bicyclic) bond motifs is 1. The van der Waals surface area contributed by atoms with Gasteiger partial charge in [0, 0.05) is 19.0 Å². The van der Waals surface area contributed by atoms with E-state index in [-0.39, 0.29) is 22.4 Å². The lowest BCUT2D eigenvalue weighted by atomic mass is 10.1. The number of aromatic nitrogens is 2. The molecule has 144 valence electrons. The molecule has 0 aliphatic heterocycles. The predicted molar refractivity (Wildman–Crippen MR) is 92.6 cm³/mol. The molecule has 0 saturated heterocycles. The number of carboxylic acids is 1. The number of ether oxygens (including phenoxy) is 1. The van der Waals surface area contributed by atoms with Crippen LogP contribution in [0, 0.1) is 6.92 Å². The molecule has 0 aliphatic carbocycles. The molecule has 0 amide bonds. The van der Waals surface area contributed by atoms with Gasteiger partial charge in [-0.2, -0.15) is 13.2 Å². The fraction of sp³-hybridized carbons (Fsp3) is 0.500. The molecule has 0 radical (unpaired) electrons. The van der Waals surface area contributed by atoms with Gasteiger partial charge in [0.1, 0.15) is 17.9 Å². The van der Waals surface area contributed by atoms with Crippen molar-refractivity contribution >= 4 is 24.9 Å².